The topological polar surface area (TPSA) is 75.6 Å². The van der Waals surface area contributed by atoms with E-state index in [1.807, 2.05) is 26.0 Å². The Morgan fingerprint density at radius 2 is 2.35 bits per heavy atom. The predicted octanol–water partition coefficient (Wildman–Crippen LogP) is 2.14. The van der Waals surface area contributed by atoms with Crippen LogP contribution in [-0.2, 0) is 6.42 Å². The predicted molar refractivity (Wildman–Crippen MR) is 60.7 cm³/mol. The van der Waals surface area contributed by atoms with Gasteiger partial charge in [0.25, 0.3) is 0 Å². The number of nitrogens with zero attached hydrogens (tertiary/aromatic N) is 4. The first-order chi connectivity index (χ1) is 8.20. The molecule has 1 atom stereocenters. The van der Waals surface area contributed by atoms with Crippen molar-refractivity contribution in [2.24, 2.45) is 5.92 Å². The normalized spacial score (nSPS) is 12.1. The summed E-state index contributed by atoms with van der Waals surface area (Å²) in [6.07, 6.45) is 2.16. The fourth-order valence-corrected chi connectivity index (χ4v) is 1.46. The van der Waals surface area contributed by atoms with E-state index in [4.69, 9.17) is 9.78 Å². The standard InChI is InChI=1S/C12H12N4O/c1-8(7-13)6-10-15-12(16-17-10)11-9(2)4-3-5-14-11/h3-5,8H,6H2,1-2H3. The van der Waals surface area contributed by atoms with Gasteiger partial charge < -0.3 is 4.52 Å². The Morgan fingerprint density at radius 1 is 1.53 bits per heavy atom. The summed E-state index contributed by atoms with van der Waals surface area (Å²) in [5.41, 5.74) is 1.71. The van der Waals surface area contributed by atoms with Gasteiger partial charge in [0.1, 0.15) is 5.69 Å². The van der Waals surface area contributed by atoms with Crippen LogP contribution >= 0.6 is 0 Å². The SMILES string of the molecule is Cc1cccnc1-c1noc(CC(C)C#N)n1. The van der Waals surface area contributed by atoms with Crippen LogP contribution in [0.5, 0.6) is 0 Å². The van der Waals surface area contributed by atoms with Crippen molar-refractivity contribution in [3.8, 4) is 17.6 Å². The van der Waals surface area contributed by atoms with E-state index in [1.54, 1.807) is 6.20 Å². The largest absolute Gasteiger partial charge is 0.339 e. The summed E-state index contributed by atoms with van der Waals surface area (Å²) in [7, 11) is 0. The van der Waals surface area contributed by atoms with Gasteiger partial charge in [-0.2, -0.15) is 10.2 Å². The van der Waals surface area contributed by atoms with E-state index in [0.717, 1.165) is 5.56 Å². The molecule has 0 amide bonds. The number of pyridine rings is 1. The van der Waals surface area contributed by atoms with E-state index in [9.17, 15) is 0 Å². The van der Waals surface area contributed by atoms with E-state index >= 15 is 0 Å². The van der Waals surface area contributed by atoms with E-state index in [0.29, 0.717) is 23.8 Å². The molecule has 5 nitrogen and oxygen atoms in total. The number of aromatic nitrogens is 3. The molecule has 1 unspecified atom stereocenters. The van der Waals surface area contributed by atoms with Gasteiger partial charge >= 0.3 is 0 Å². The minimum atomic E-state index is -0.131. The van der Waals surface area contributed by atoms with Gasteiger partial charge in [-0.1, -0.05) is 11.2 Å². The minimum Gasteiger partial charge on any atom is -0.339 e. The van der Waals surface area contributed by atoms with Gasteiger partial charge in [0.2, 0.25) is 11.7 Å². The molecule has 17 heavy (non-hydrogen) atoms. The number of nitriles is 1. The van der Waals surface area contributed by atoms with Gasteiger partial charge in [-0.05, 0) is 25.5 Å². The Labute approximate surface area is 99.1 Å². The third kappa shape index (κ3) is 2.48. The van der Waals surface area contributed by atoms with Crippen molar-refractivity contribution in [2.75, 3.05) is 0 Å². The van der Waals surface area contributed by atoms with Crippen molar-refractivity contribution in [1.29, 1.82) is 5.26 Å². The van der Waals surface area contributed by atoms with Crippen molar-refractivity contribution in [2.45, 2.75) is 20.3 Å². The van der Waals surface area contributed by atoms with Crippen molar-refractivity contribution < 1.29 is 4.52 Å². The van der Waals surface area contributed by atoms with Gasteiger partial charge in [-0.25, -0.2) is 0 Å². The van der Waals surface area contributed by atoms with Crippen LogP contribution in [0.25, 0.3) is 11.5 Å². The average Bonchev–Trinajstić information content (AvgIpc) is 2.78. The van der Waals surface area contributed by atoms with E-state index in [2.05, 4.69) is 21.2 Å². The summed E-state index contributed by atoms with van der Waals surface area (Å²) in [6, 6.07) is 5.93. The van der Waals surface area contributed by atoms with Crippen LogP contribution in [0.15, 0.2) is 22.9 Å². The summed E-state index contributed by atoms with van der Waals surface area (Å²) in [6.45, 7) is 3.76. The molecule has 0 aliphatic carbocycles. The Morgan fingerprint density at radius 3 is 3.06 bits per heavy atom. The number of hydrogen-bond acceptors (Lipinski definition) is 5. The molecule has 0 bridgehead atoms. The molecule has 0 saturated carbocycles. The second kappa shape index (κ2) is 4.74. The minimum absolute atomic E-state index is 0.131. The lowest BCUT2D eigenvalue weighted by Gasteiger charge is -1.97. The number of hydrogen-bond donors (Lipinski definition) is 0. The molecule has 0 aromatic carbocycles. The molecule has 0 radical (unpaired) electrons. The van der Waals surface area contributed by atoms with E-state index in [1.165, 1.54) is 0 Å². The van der Waals surface area contributed by atoms with E-state index in [-0.39, 0.29) is 5.92 Å². The summed E-state index contributed by atoms with van der Waals surface area (Å²) < 4.78 is 5.09. The van der Waals surface area contributed by atoms with Crippen LogP contribution < -0.4 is 0 Å². The molecule has 86 valence electrons. The van der Waals surface area contributed by atoms with E-state index < -0.39 is 0 Å². The zero-order chi connectivity index (χ0) is 12.3. The molecule has 0 saturated heterocycles. The molecule has 0 spiro atoms. The van der Waals surface area contributed by atoms with Crippen LogP contribution in [0, 0.1) is 24.2 Å². The highest BCUT2D eigenvalue weighted by Crippen LogP contribution is 2.17. The van der Waals surface area contributed by atoms with Gasteiger partial charge in [0.05, 0.1) is 12.0 Å². The van der Waals surface area contributed by atoms with Crippen LogP contribution in [0.1, 0.15) is 18.4 Å². The maximum atomic E-state index is 8.71. The summed E-state index contributed by atoms with van der Waals surface area (Å²) >= 11 is 0. The third-order valence-electron chi connectivity index (χ3n) is 2.39. The molecule has 2 aromatic heterocycles. The van der Waals surface area contributed by atoms with Gasteiger partial charge in [-0.3, -0.25) is 4.98 Å². The maximum absolute atomic E-state index is 8.71. The lowest BCUT2D eigenvalue weighted by atomic mass is 10.1. The Hall–Kier alpha value is -2.22. The van der Waals surface area contributed by atoms with Crippen LogP contribution in [-0.4, -0.2) is 15.1 Å². The highest BCUT2D eigenvalue weighted by Gasteiger charge is 2.13. The second-order valence-electron chi connectivity index (χ2n) is 3.91. The monoisotopic (exact) mass is 228 g/mol. The second-order valence-corrected chi connectivity index (χ2v) is 3.91. The van der Waals surface area contributed by atoms with Crippen LogP contribution in [0.2, 0.25) is 0 Å². The summed E-state index contributed by atoms with van der Waals surface area (Å²) in [4.78, 5) is 8.45. The average molecular weight is 228 g/mol. The Bertz CT molecular complexity index is 556. The fourth-order valence-electron chi connectivity index (χ4n) is 1.46. The molecule has 2 rings (SSSR count). The van der Waals surface area contributed by atoms with Crippen LogP contribution in [0.3, 0.4) is 0 Å². The first-order valence-corrected chi connectivity index (χ1v) is 5.35. The van der Waals surface area contributed by atoms with Gasteiger partial charge in [0.15, 0.2) is 0 Å². The number of aryl methyl sites for hydroxylation is 1. The molecule has 5 heteroatoms. The molecule has 2 aromatic rings. The Kier molecular flexibility index (Phi) is 3.15. The molecule has 0 N–H and O–H groups in total. The van der Waals surface area contributed by atoms with Crippen LogP contribution in [0.4, 0.5) is 0 Å². The zero-order valence-corrected chi connectivity index (χ0v) is 9.71. The maximum Gasteiger partial charge on any atom is 0.228 e. The fraction of sp³-hybridized carbons (Fsp3) is 0.333. The Balaban J connectivity index is 2.25. The smallest absolute Gasteiger partial charge is 0.228 e. The first kappa shape index (κ1) is 11.3. The number of rotatable bonds is 3. The first-order valence-electron chi connectivity index (χ1n) is 5.35. The lowest BCUT2D eigenvalue weighted by molar-refractivity contribution is 0.369. The molecule has 0 aliphatic heterocycles. The quantitative estimate of drug-likeness (QED) is 0.804. The molecule has 0 fully saturated rings. The van der Waals surface area contributed by atoms with Crippen molar-refractivity contribution in [3.63, 3.8) is 0 Å². The molecular formula is C12H12N4O. The van der Waals surface area contributed by atoms with Gasteiger partial charge in [-0.15, -0.1) is 0 Å². The molecule has 0 aliphatic rings. The van der Waals surface area contributed by atoms with Crippen molar-refractivity contribution >= 4 is 0 Å². The highest BCUT2D eigenvalue weighted by atomic mass is 16.5. The highest BCUT2D eigenvalue weighted by molar-refractivity contribution is 5.53. The van der Waals surface area contributed by atoms with Gasteiger partial charge in [0, 0.05) is 12.6 Å². The van der Waals surface area contributed by atoms with Crippen molar-refractivity contribution in [3.05, 3.63) is 29.8 Å². The van der Waals surface area contributed by atoms with Crippen molar-refractivity contribution in [1.82, 2.24) is 15.1 Å². The summed E-state index contributed by atoms with van der Waals surface area (Å²) in [5, 5.41) is 12.6. The molecular weight excluding hydrogens is 216 g/mol. The lowest BCUT2D eigenvalue weighted by Crippen LogP contribution is -1.96. The third-order valence-corrected chi connectivity index (χ3v) is 2.39. The zero-order valence-electron chi connectivity index (χ0n) is 9.71. The summed E-state index contributed by atoms with van der Waals surface area (Å²) in [5.74, 6) is 0.815. The molecule has 2 heterocycles.